The molecule has 1 aliphatic carbocycles. The van der Waals surface area contributed by atoms with E-state index < -0.39 is 0 Å². The van der Waals surface area contributed by atoms with Gasteiger partial charge in [0.1, 0.15) is 0 Å². The molecule has 0 aromatic carbocycles. The number of rotatable bonds is 4. The minimum atomic E-state index is 0.0872. The van der Waals surface area contributed by atoms with Gasteiger partial charge in [0, 0.05) is 25.6 Å². The van der Waals surface area contributed by atoms with Crippen LogP contribution in [0.5, 0.6) is 0 Å². The lowest BCUT2D eigenvalue weighted by atomic mass is 9.84. The summed E-state index contributed by atoms with van der Waals surface area (Å²) in [4.78, 5) is 14.2. The molecule has 0 aliphatic heterocycles. The first kappa shape index (κ1) is 13.5. The SMILES string of the molecule is CNCC(C)C(=O)N(C)C1CCCCC1C. The van der Waals surface area contributed by atoms with Crippen molar-refractivity contribution >= 4 is 5.91 Å². The van der Waals surface area contributed by atoms with Gasteiger partial charge in [-0.15, -0.1) is 0 Å². The first-order valence-electron chi connectivity index (χ1n) is 6.49. The van der Waals surface area contributed by atoms with Gasteiger partial charge in [0.05, 0.1) is 0 Å². The van der Waals surface area contributed by atoms with Crippen LogP contribution < -0.4 is 5.32 Å². The zero-order valence-electron chi connectivity index (χ0n) is 11.1. The normalized spacial score (nSPS) is 27.5. The molecule has 3 unspecified atom stereocenters. The van der Waals surface area contributed by atoms with Crippen LogP contribution in [-0.2, 0) is 4.79 Å². The first-order chi connectivity index (χ1) is 7.57. The van der Waals surface area contributed by atoms with E-state index in [-0.39, 0.29) is 11.8 Å². The summed E-state index contributed by atoms with van der Waals surface area (Å²) in [6.07, 6.45) is 5.04. The van der Waals surface area contributed by atoms with Gasteiger partial charge >= 0.3 is 0 Å². The molecule has 1 fully saturated rings. The molecule has 0 radical (unpaired) electrons. The Morgan fingerprint density at radius 1 is 1.44 bits per heavy atom. The van der Waals surface area contributed by atoms with Crippen molar-refractivity contribution in [1.29, 1.82) is 0 Å². The van der Waals surface area contributed by atoms with Crippen molar-refractivity contribution in [3.05, 3.63) is 0 Å². The van der Waals surface area contributed by atoms with Crippen molar-refractivity contribution in [1.82, 2.24) is 10.2 Å². The van der Waals surface area contributed by atoms with Crippen LogP contribution in [-0.4, -0.2) is 37.5 Å². The summed E-state index contributed by atoms with van der Waals surface area (Å²) in [5, 5.41) is 3.07. The van der Waals surface area contributed by atoms with Gasteiger partial charge in [0.15, 0.2) is 0 Å². The number of nitrogens with one attached hydrogen (secondary N) is 1. The summed E-state index contributed by atoms with van der Waals surface area (Å²) < 4.78 is 0. The zero-order chi connectivity index (χ0) is 12.1. The van der Waals surface area contributed by atoms with Crippen LogP contribution in [0.1, 0.15) is 39.5 Å². The molecule has 3 heteroatoms. The topological polar surface area (TPSA) is 32.3 Å². The molecule has 3 atom stereocenters. The Morgan fingerprint density at radius 3 is 2.62 bits per heavy atom. The molecule has 0 aromatic rings. The fraction of sp³-hybridized carbons (Fsp3) is 0.923. The Hall–Kier alpha value is -0.570. The molecule has 1 amide bonds. The van der Waals surface area contributed by atoms with Gasteiger partial charge in [-0.05, 0) is 25.8 Å². The summed E-state index contributed by atoms with van der Waals surface area (Å²) in [5.41, 5.74) is 0. The number of amides is 1. The summed E-state index contributed by atoms with van der Waals surface area (Å²) in [6, 6.07) is 0.459. The standard InChI is InChI=1S/C13H26N2O/c1-10-7-5-6-8-12(10)15(4)13(16)11(2)9-14-3/h10-12,14H,5-9H2,1-4H3. The van der Waals surface area contributed by atoms with Crippen molar-refractivity contribution < 1.29 is 4.79 Å². The summed E-state index contributed by atoms with van der Waals surface area (Å²) in [7, 11) is 3.87. The van der Waals surface area contributed by atoms with E-state index in [1.807, 2.05) is 25.9 Å². The van der Waals surface area contributed by atoms with E-state index in [4.69, 9.17) is 0 Å². The second kappa shape index (κ2) is 6.24. The molecule has 16 heavy (non-hydrogen) atoms. The second-order valence-electron chi connectivity index (χ2n) is 5.24. The highest BCUT2D eigenvalue weighted by Gasteiger charge is 2.29. The minimum absolute atomic E-state index is 0.0872. The highest BCUT2D eigenvalue weighted by molar-refractivity contribution is 5.78. The van der Waals surface area contributed by atoms with Gasteiger partial charge in [-0.1, -0.05) is 26.7 Å². The molecule has 0 aromatic heterocycles. The zero-order valence-corrected chi connectivity index (χ0v) is 11.1. The molecule has 3 nitrogen and oxygen atoms in total. The van der Waals surface area contributed by atoms with Crippen LogP contribution in [0.3, 0.4) is 0 Å². The maximum absolute atomic E-state index is 12.2. The van der Waals surface area contributed by atoms with Crippen molar-refractivity contribution in [2.45, 2.75) is 45.6 Å². The Labute approximate surface area is 99.6 Å². The van der Waals surface area contributed by atoms with Gasteiger partial charge in [-0.2, -0.15) is 0 Å². The van der Waals surface area contributed by atoms with E-state index in [9.17, 15) is 4.79 Å². The molecule has 1 aliphatic rings. The van der Waals surface area contributed by atoms with Crippen molar-refractivity contribution in [3.8, 4) is 0 Å². The molecule has 0 bridgehead atoms. The van der Waals surface area contributed by atoms with Crippen molar-refractivity contribution in [2.75, 3.05) is 20.6 Å². The maximum Gasteiger partial charge on any atom is 0.226 e. The highest BCUT2D eigenvalue weighted by atomic mass is 16.2. The van der Waals surface area contributed by atoms with Crippen molar-refractivity contribution in [3.63, 3.8) is 0 Å². The third-order valence-electron chi connectivity index (χ3n) is 3.84. The minimum Gasteiger partial charge on any atom is -0.342 e. The number of nitrogens with zero attached hydrogens (tertiary/aromatic N) is 1. The van der Waals surface area contributed by atoms with Gasteiger partial charge in [-0.25, -0.2) is 0 Å². The van der Waals surface area contributed by atoms with Crippen LogP contribution in [0.4, 0.5) is 0 Å². The summed E-state index contributed by atoms with van der Waals surface area (Å²) >= 11 is 0. The monoisotopic (exact) mass is 226 g/mol. The predicted molar refractivity (Wildman–Crippen MR) is 67.3 cm³/mol. The summed E-state index contributed by atoms with van der Waals surface area (Å²) in [5.74, 6) is 1.03. The van der Waals surface area contributed by atoms with E-state index in [1.165, 1.54) is 25.7 Å². The quantitative estimate of drug-likeness (QED) is 0.794. The van der Waals surface area contributed by atoms with Gasteiger partial charge < -0.3 is 10.2 Å². The van der Waals surface area contributed by atoms with E-state index in [0.29, 0.717) is 12.0 Å². The molecule has 1 rings (SSSR count). The van der Waals surface area contributed by atoms with Gasteiger partial charge in [0.25, 0.3) is 0 Å². The number of carbonyl (C=O) groups excluding carboxylic acids is 1. The second-order valence-corrected chi connectivity index (χ2v) is 5.24. The first-order valence-corrected chi connectivity index (χ1v) is 6.49. The smallest absolute Gasteiger partial charge is 0.226 e. The third-order valence-corrected chi connectivity index (χ3v) is 3.84. The van der Waals surface area contributed by atoms with E-state index in [0.717, 1.165) is 6.54 Å². The largest absolute Gasteiger partial charge is 0.342 e. The highest BCUT2D eigenvalue weighted by Crippen LogP contribution is 2.27. The average molecular weight is 226 g/mol. The molecular weight excluding hydrogens is 200 g/mol. The summed E-state index contributed by atoms with van der Waals surface area (Å²) in [6.45, 7) is 5.05. The lowest BCUT2D eigenvalue weighted by molar-refractivity contribution is -0.137. The van der Waals surface area contributed by atoms with Crippen LogP contribution in [0, 0.1) is 11.8 Å². The Morgan fingerprint density at radius 2 is 2.06 bits per heavy atom. The molecule has 1 saturated carbocycles. The van der Waals surface area contributed by atoms with Gasteiger partial charge in [-0.3, -0.25) is 4.79 Å². The Kier molecular flexibility index (Phi) is 5.26. The fourth-order valence-electron chi connectivity index (χ4n) is 2.78. The maximum atomic E-state index is 12.2. The van der Waals surface area contributed by atoms with Gasteiger partial charge in [0.2, 0.25) is 5.91 Å². The van der Waals surface area contributed by atoms with Crippen LogP contribution in [0.2, 0.25) is 0 Å². The molecule has 0 saturated heterocycles. The third kappa shape index (κ3) is 3.21. The van der Waals surface area contributed by atoms with Crippen LogP contribution in [0.15, 0.2) is 0 Å². The molecule has 0 heterocycles. The van der Waals surface area contributed by atoms with E-state index >= 15 is 0 Å². The van der Waals surface area contributed by atoms with Crippen molar-refractivity contribution in [2.24, 2.45) is 11.8 Å². The molecule has 94 valence electrons. The fourth-order valence-corrected chi connectivity index (χ4v) is 2.78. The molecule has 0 spiro atoms. The molecular formula is C13H26N2O. The van der Waals surface area contributed by atoms with Crippen LogP contribution >= 0.6 is 0 Å². The Balaban J connectivity index is 2.54. The molecule has 1 N–H and O–H groups in total. The van der Waals surface area contributed by atoms with E-state index in [1.54, 1.807) is 0 Å². The van der Waals surface area contributed by atoms with Crippen LogP contribution in [0.25, 0.3) is 0 Å². The number of hydrogen-bond acceptors (Lipinski definition) is 2. The Bertz CT molecular complexity index is 230. The number of hydrogen-bond donors (Lipinski definition) is 1. The predicted octanol–water partition coefficient (Wildman–Crippen LogP) is 1.88. The van der Waals surface area contributed by atoms with E-state index in [2.05, 4.69) is 12.2 Å². The lowest BCUT2D eigenvalue weighted by Gasteiger charge is -2.37. The lowest BCUT2D eigenvalue weighted by Crippen LogP contribution is -2.46. The average Bonchev–Trinajstić information content (AvgIpc) is 2.28. The number of carbonyl (C=O) groups is 1.